The standard InChI is InChI=1S/C15H14BrNO3/c1-19-14-6-5-11(9-18)7-15(14)20-10-13-4-2-3-12(8-16)17-13/h2-7,9H,8,10H2,1H3. The first kappa shape index (κ1) is 14.5. The fourth-order valence-electron chi connectivity index (χ4n) is 1.72. The lowest BCUT2D eigenvalue weighted by Gasteiger charge is -2.11. The number of ether oxygens (including phenoxy) is 2. The number of carbonyl (C=O) groups excluding carboxylic acids is 1. The van der Waals surface area contributed by atoms with Crippen LogP contribution in [0.3, 0.4) is 0 Å². The lowest BCUT2D eigenvalue weighted by atomic mass is 10.2. The molecule has 0 fully saturated rings. The number of benzene rings is 1. The van der Waals surface area contributed by atoms with E-state index in [9.17, 15) is 4.79 Å². The van der Waals surface area contributed by atoms with Crippen molar-refractivity contribution in [1.29, 1.82) is 0 Å². The molecular weight excluding hydrogens is 322 g/mol. The summed E-state index contributed by atoms with van der Waals surface area (Å²) in [6.07, 6.45) is 0.774. The Kier molecular flexibility index (Phi) is 5.12. The third-order valence-corrected chi connectivity index (χ3v) is 3.28. The van der Waals surface area contributed by atoms with E-state index in [2.05, 4.69) is 20.9 Å². The van der Waals surface area contributed by atoms with E-state index in [4.69, 9.17) is 9.47 Å². The number of nitrogens with zero attached hydrogens (tertiary/aromatic N) is 1. The first-order valence-corrected chi connectivity index (χ1v) is 7.15. The number of pyridine rings is 1. The van der Waals surface area contributed by atoms with Crippen LogP contribution in [0, 0.1) is 0 Å². The molecule has 1 aromatic heterocycles. The highest BCUT2D eigenvalue weighted by Gasteiger charge is 2.06. The first-order valence-electron chi connectivity index (χ1n) is 6.03. The number of aldehydes is 1. The van der Waals surface area contributed by atoms with Crippen molar-refractivity contribution in [3.63, 3.8) is 0 Å². The van der Waals surface area contributed by atoms with Crippen molar-refractivity contribution in [1.82, 2.24) is 4.98 Å². The fourth-order valence-corrected chi connectivity index (χ4v) is 2.03. The third-order valence-electron chi connectivity index (χ3n) is 2.70. The van der Waals surface area contributed by atoms with Crippen molar-refractivity contribution in [2.24, 2.45) is 0 Å². The van der Waals surface area contributed by atoms with Crippen LogP contribution in [-0.2, 0) is 11.9 Å². The van der Waals surface area contributed by atoms with Crippen molar-refractivity contribution in [2.45, 2.75) is 11.9 Å². The minimum Gasteiger partial charge on any atom is -0.493 e. The van der Waals surface area contributed by atoms with Crippen LogP contribution in [0.2, 0.25) is 0 Å². The molecule has 1 aromatic carbocycles. The molecule has 0 atom stereocenters. The summed E-state index contributed by atoms with van der Waals surface area (Å²) >= 11 is 3.37. The smallest absolute Gasteiger partial charge is 0.162 e. The second kappa shape index (κ2) is 7.05. The lowest BCUT2D eigenvalue weighted by Crippen LogP contribution is -2.01. The molecule has 0 bridgehead atoms. The van der Waals surface area contributed by atoms with Gasteiger partial charge in [-0.3, -0.25) is 9.78 Å². The van der Waals surface area contributed by atoms with E-state index in [1.165, 1.54) is 0 Å². The zero-order valence-electron chi connectivity index (χ0n) is 11.0. The molecule has 0 aliphatic carbocycles. The Hall–Kier alpha value is -1.88. The van der Waals surface area contributed by atoms with Crippen molar-refractivity contribution in [3.8, 4) is 11.5 Å². The second-order valence-corrected chi connectivity index (χ2v) is 4.63. The van der Waals surface area contributed by atoms with Crippen molar-refractivity contribution >= 4 is 22.2 Å². The molecule has 0 saturated heterocycles. The van der Waals surface area contributed by atoms with Crippen molar-refractivity contribution < 1.29 is 14.3 Å². The molecule has 20 heavy (non-hydrogen) atoms. The van der Waals surface area contributed by atoms with Crippen molar-refractivity contribution in [2.75, 3.05) is 7.11 Å². The number of hydrogen-bond donors (Lipinski definition) is 0. The number of hydrogen-bond acceptors (Lipinski definition) is 4. The zero-order valence-corrected chi connectivity index (χ0v) is 12.6. The Balaban J connectivity index is 2.14. The number of rotatable bonds is 6. The maximum absolute atomic E-state index is 10.8. The molecule has 0 spiro atoms. The lowest BCUT2D eigenvalue weighted by molar-refractivity contribution is 0.112. The summed E-state index contributed by atoms with van der Waals surface area (Å²) in [5, 5.41) is 0.699. The molecule has 4 nitrogen and oxygen atoms in total. The molecule has 0 amide bonds. The summed E-state index contributed by atoms with van der Waals surface area (Å²) in [5.74, 6) is 1.12. The molecule has 104 valence electrons. The molecule has 0 aliphatic heterocycles. The van der Waals surface area contributed by atoms with Crippen LogP contribution in [-0.4, -0.2) is 18.4 Å². The average molecular weight is 336 g/mol. The van der Waals surface area contributed by atoms with Gasteiger partial charge < -0.3 is 9.47 Å². The number of alkyl halides is 1. The highest BCUT2D eigenvalue weighted by atomic mass is 79.9. The molecule has 0 saturated carbocycles. The van der Waals surface area contributed by atoms with Gasteiger partial charge in [-0.25, -0.2) is 0 Å². The summed E-state index contributed by atoms with van der Waals surface area (Å²) in [6, 6.07) is 10.8. The molecule has 5 heteroatoms. The van der Waals surface area contributed by atoms with Gasteiger partial charge in [0.15, 0.2) is 11.5 Å². The Morgan fingerprint density at radius 1 is 1.20 bits per heavy atom. The van der Waals surface area contributed by atoms with E-state index in [0.29, 0.717) is 29.0 Å². The van der Waals surface area contributed by atoms with Gasteiger partial charge in [0, 0.05) is 10.9 Å². The van der Waals surface area contributed by atoms with E-state index in [-0.39, 0.29) is 0 Å². The maximum atomic E-state index is 10.8. The minimum atomic E-state index is 0.319. The Morgan fingerprint density at radius 3 is 2.70 bits per heavy atom. The molecule has 0 unspecified atom stereocenters. The quantitative estimate of drug-likeness (QED) is 0.599. The van der Waals surface area contributed by atoms with Crippen LogP contribution in [0.15, 0.2) is 36.4 Å². The first-order chi connectivity index (χ1) is 9.76. The molecular formula is C15H14BrNO3. The normalized spacial score (nSPS) is 10.1. The SMILES string of the molecule is COc1ccc(C=O)cc1OCc1cccc(CBr)n1. The Labute approximate surface area is 125 Å². The van der Waals surface area contributed by atoms with Crippen molar-refractivity contribution in [3.05, 3.63) is 53.3 Å². The summed E-state index contributed by atoms with van der Waals surface area (Å²) in [5.41, 5.74) is 2.31. The van der Waals surface area contributed by atoms with Crippen LogP contribution in [0.25, 0.3) is 0 Å². The molecule has 0 N–H and O–H groups in total. The van der Waals surface area contributed by atoms with Gasteiger partial charge >= 0.3 is 0 Å². The van der Waals surface area contributed by atoms with E-state index >= 15 is 0 Å². The van der Waals surface area contributed by atoms with Gasteiger partial charge in [0.25, 0.3) is 0 Å². The van der Waals surface area contributed by atoms with Crippen LogP contribution < -0.4 is 9.47 Å². The summed E-state index contributed by atoms with van der Waals surface area (Å²) < 4.78 is 10.9. The predicted molar refractivity (Wildman–Crippen MR) is 79.6 cm³/mol. The zero-order chi connectivity index (χ0) is 14.4. The van der Waals surface area contributed by atoms with E-state index < -0.39 is 0 Å². The highest BCUT2D eigenvalue weighted by molar-refractivity contribution is 9.08. The summed E-state index contributed by atoms with van der Waals surface area (Å²) in [6.45, 7) is 0.319. The van der Waals surface area contributed by atoms with Gasteiger partial charge in [-0.1, -0.05) is 22.0 Å². The maximum Gasteiger partial charge on any atom is 0.162 e. The average Bonchev–Trinajstić information content (AvgIpc) is 2.52. The van der Waals surface area contributed by atoms with Crippen LogP contribution in [0.1, 0.15) is 21.7 Å². The number of carbonyl (C=O) groups is 1. The van der Waals surface area contributed by atoms with Gasteiger partial charge in [-0.2, -0.15) is 0 Å². The highest BCUT2D eigenvalue weighted by Crippen LogP contribution is 2.28. The van der Waals surface area contributed by atoms with Crippen LogP contribution in [0.4, 0.5) is 0 Å². The van der Waals surface area contributed by atoms with E-state index in [1.54, 1.807) is 25.3 Å². The van der Waals surface area contributed by atoms with Gasteiger partial charge in [0.1, 0.15) is 12.9 Å². The summed E-state index contributed by atoms with van der Waals surface area (Å²) in [4.78, 5) is 15.2. The predicted octanol–water partition coefficient (Wildman–Crippen LogP) is 3.38. The van der Waals surface area contributed by atoms with E-state index in [0.717, 1.165) is 17.7 Å². The van der Waals surface area contributed by atoms with Gasteiger partial charge in [0.05, 0.1) is 18.5 Å². The van der Waals surface area contributed by atoms with Crippen LogP contribution >= 0.6 is 15.9 Å². The monoisotopic (exact) mass is 335 g/mol. The van der Waals surface area contributed by atoms with Gasteiger partial charge in [-0.05, 0) is 30.3 Å². The van der Waals surface area contributed by atoms with Gasteiger partial charge in [0.2, 0.25) is 0 Å². The summed E-state index contributed by atoms with van der Waals surface area (Å²) in [7, 11) is 1.56. The number of halogens is 1. The topological polar surface area (TPSA) is 48.4 Å². The number of aromatic nitrogens is 1. The molecule has 1 heterocycles. The van der Waals surface area contributed by atoms with Gasteiger partial charge in [-0.15, -0.1) is 0 Å². The molecule has 0 radical (unpaired) electrons. The largest absolute Gasteiger partial charge is 0.493 e. The Bertz CT molecular complexity index is 601. The number of methoxy groups -OCH3 is 1. The third kappa shape index (κ3) is 3.57. The second-order valence-electron chi connectivity index (χ2n) is 4.07. The molecule has 0 aliphatic rings. The minimum absolute atomic E-state index is 0.319. The van der Waals surface area contributed by atoms with E-state index in [1.807, 2.05) is 18.2 Å². The molecule has 2 rings (SSSR count). The molecule has 2 aromatic rings. The fraction of sp³-hybridized carbons (Fsp3) is 0.200. The Morgan fingerprint density at radius 2 is 2.00 bits per heavy atom. The van der Waals surface area contributed by atoms with Crippen LogP contribution in [0.5, 0.6) is 11.5 Å².